The summed E-state index contributed by atoms with van der Waals surface area (Å²) in [7, 11) is 0. The molecular formula is C44H66N6O15S. The first-order valence-corrected chi connectivity index (χ1v) is 22.9. The van der Waals surface area contributed by atoms with Gasteiger partial charge in [-0.05, 0) is 18.2 Å². The molecule has 0 fully saturated rings. The van der Waals surface area contributed by atoms with Crippen molar-refractivity contribution in [3.8, 4) is 11.8 Å². The van der Waals surface area contributed by atoms with Gasteiger partial charge in [-0.2, -0.15) is 0 Å². The Morgan fingerprint density at radius 2 is 1.08 bits per heavy atom. The van der Waals surface area contributed by atoms with Crippen LogP contribution in [0.5, 0.6) is 0 Å². The summed E-state index contributed by atoms with van der Waals surface area (Å²) >= 11 is 1.48. The average molecular weight is 951 g/mol. The van der Waals surface area contributed by atoms with Crippen molar-refractivity contribution in [2.45, 2.75) is 36.9 Å². The number of nitrogens with one attached hydrogen (secondary N) is 4. The zero-order chi connectivity index (χ0) is 47.6. The molecule has 66 heavy (non-hydrogen) atoms. The number of ether oxygens (including phenoxy) is 9. The molecule has 1 aromatic heterocycles. The van der Waals surface area contributed by atoms with Gasteiger partial charge in [0.1, 0.15) is 12.6 Å². The molecule has 2 aromatic rings. The second-order valence-electron chi connectivity index (χ2n) is 13.6. The molecular weight excluding hydrogens is 885 g/mol. The van der Waals surface area contributed by atoms with Gasteiger partial charge in [-0.15, -0.1) is 0 Å². The largest absolute Gasteiger partial charge is 0.480 e. The van der Waals surface area contributed by atoms with Crippen LogP contribution in [0, 0.1) is 11.8 Å². The van der Waals surface area contributed by atoms with Crippen molar-refractivity contribution in [3.63, 3.8) is 0 Å². The topological polar surface area (TPSA) is 263 Å². The maximum absolute atomic E-state index is 12.1. The number of carbonyl (C=O) groups excluding carboxylic acids is 4. The number of aliphatic carboxylic acids is 1. The van der Waals surface area contributed by atoms with Crippen molar-refractivity contribution in [3.05, 3.63) is 53.9 Å². The molecule has 1 heterocycles. The van der Waals surface area contributed by atoms with Crippen LogP contribution in [0.3, 0.4) is 0 Å². The van der Waals surface area contributed by atoms with E-state index >= 15 is 0 Å². The molecule has 0 saturated heterocycles. The van der Waals surface area contributed by atoms with E-state index in [1.54, 1.807) is 42.7 Å². The van der Waals surface area contributed by atoms with Crippen LogP contribution < -0.4 is 21.3 Å². The number of carboxylic acid groups (broad SMARTS) is 1. The molecule has 0 bridgehead atoms. The van der Waals surface area contributed by atoms with E-state index in [-0.39, 0.29) is 38.7 Å². The van der Waals surface area contributed by atoms with Gasteiger partial charge in [-0.25, -0.2) is 14.8 Å². The minimum atomic E-state index is -1.20. The molecule has 0 radical (unpaired) electrons. The van der Waals surface area contributed by atoms with Gasteiger partial charge in [0.05, 0.1) is 131 Å². The van der Waals surface area contributed by atoms with Gasteiger partial charge >= 0.3 is 5.97 Å². The Hall–Kier alpha value is -4.80. The van der Waals surface area contributed by atoms with Crippen molar-refractivity contribution < 1.29 is 71.7 Å². The molecule has 5 N–H and O–H groups in total. The quantitative estimate of drug-likeness (QED) is 0.0255. The lowest BCUT2D eigenvalue weighted by Crippen LogP contribution is -2.48. The van der Waals surface area contributed by atoms with Crippen LogP contribution in [-0.4, -0.2) is 196 Å². The molecule has 2 rings (SSSR count). The zero-order valence-corrected chi connectivity index (χ0v) is 38.6. The standard InChI is InChI=1S/C44H66N6O15S/c1-66-44-48-31-37(32-49-44)10-6-3-7-11-39(51)45-12-13-57-14-15-58-16-17-59-18-19-60-20-21-61-22-23-62-24-25-63-26-27-64-28-29-65-35-42(54)47-33-40(52)46-34-41(53)50-38(43(55)56)30-36-8-4-2-5-9-36/h2,4-5,8-9,31-32,38H,3,7,11-30,33-35H2,1H3,(H,45,51)(H,46,52)(H,47,54)(H,50,53)(H,55,56)/t38-/m0/s1. The Labute approximate surface area is 390 Å². The molecule has 1 atom stereocenters. The van der Waals surface area contributed by atoms with E-state index in [1.807, 2.05) is 6.26 Å². The van der Waals surface area contributed by atoms with Crippen LogP contribution in [-0.2, 0) is 73.0 Å². The molecule has 0 aliphatic heterocycles. The maximum Gasteiger partial charge on any atom is 0.326 e. The van der Waals surface area contributed by atoms with Gasteiger partial charge in [0.2, 0.25) is 23.6 Å². The van der Waals surface area contributed by atoms with Crippen molar-refractivity contribution >= 4 is 41.4 Å². The van der Waals surface area contributed by atoms with Crippen molar-refractivity contribution in [1.29, 1.82) is 0 Å². The van der Waals surface area contributed by atoms with Crippen LogP contribution >= 0.6 is 11.8 Å². The van der Waals surface area contributed by atoms with E-state index in [0.29, 0.717) is 130 Å². The monoisotopic (exact) mass is 950 g/mol. The number of thioether (sulfide) groups is 1. The molecule has 0 unspecified atom stereocenters. The predicted molar refractivity (Wildman–Crippen MR) is 241 cm³/mol. The van der Waals surface area contributed by atoms with E-state index in [4.69, 9.17) is 42.6 Å². The minimum absolute atomic E-state index is 0.0280. The van der Waals surface area contributed by atoms with Gasteiger partial charge in [0.25, 0.3) is 0 Å². The van der Waals surface area contributed by atoms with E-state index in [2.05, 4.69) is 43.1 Å². The normalized spacial score (nSPS) is 11.3. The third-order valence-electron chi connectivity index (χ3n) is 8.34. The fraction of sp³-hybridized carbons (Fsp3) is 0.614. The first-order chi connectivity index (χ1) is 32.3. The summed E-state index contributed by atoms with van der Waals surface area (Å²) in [5.74, 6) is 2.99. The lowest BCUT2D eigenvalue weighted by molar-refractivity contribution is -0.141. The Bertz CT molecular complexity index is 1670. The third kappa shape index (κ3) is 33.6. The summed E-state index contributed by atoms with van der Waals surface area (Å²) in [6.45, 7) is 5.98. The van der Waals surface area contributed by atoms with Gasteiger partial charge in [-0.1, -0.05) is 53.9 Å². The molecule has 21 nitrogen and oxygen atoms in total. The van der Waals surface area contributed by atoms with Gasteiger partial charge in [0, 0.05) is 38.2 Å². The number of carbonyl (C=O) groups is 5. The first kappa shape index (κ1) is 57.3. The third-order valence-corrected chi connectivity index (χ3v) is 8.91. The second-order valence-corrected chi connectivity index (χ2v) is 14.4. The van der Waals surface area contributed by atoms with Crippen LogP contribution in [0.1, 0.15) is 30.4 Å². The van der Waals surface area contributed by atoms with E-state index < -0.39 is 36.3 Å². The summed E-state index contributed by atoms with van der Waals surface area (Å²) < 4.78 is 48.9. The predicted octanol–water partition coefficient (Wildman–Crippen LogP) is 0.0304. The molecule has 0 aliphatic rings. The van der Waals surface area contributed by atoms with Gasteiger partial charge in [-0.3, -0.25) is 19.2 Å². The summed E-state index contributed by atoms with van der Waals surface area (Å²) in [6.07, 6.45) is 7.10. The molecule has 0 spiro atoms. The van der Waals surface area contributed by atoms with Crippen molar-refractivity contribution in [2.75, 3.05) is 145 Å². The fourth-order valence-electron chi connectivity index (χ4n) is 5.03. The number of rotatable bonds is 41. The van der Waals surface area contributed by atoms with E-state index in [1.165, 1.54) is 11.8 Å². The minimum Gasteiger partial charge on any atom is -0.480 e. The zero-order valence-electron chi connectivity index (χ0n) is 37.8. The first-order valence-electron chi connectivity index (χ1n) is 21.7. The fourth-order valence-corrected chi connectivity index (χ4v) is 5.35. The number of carboxylic acids is 1. The molecule has 368 valence electrons. The molecule has 1 aromatic carbocycles. The Morgan fingerprint density at radius 3 is 1.58 bits per heavy atom. The summed E-state index contributed by atoms with van der Waals surface area (Å²) in [5, 5.41) is 20.0. The highest BCUT2D eigenvalue weighted by Gasteiger charge is 2.20. The van der Waals surface area contributed by atoms with E-state index in [0.717, 1.165) is 11.1 Å². The highest BCUT2D eigenvalue weighted by atomic mass is 32.2. The van der Waals surface area contributed by atoms with Crippen LogP contribution in [0.25, 0.3) is 0 Å². The van der Waals surface area contributed by atoms with Crippen LogP contribution in [0.2, 0.25) is 0 Å². The Morgan fingerprint density at radius 1 is 0.606 bits per heavy atom. The Balaban J connectivity index is 1.22. The number of aromatic nitrogens is 2. The number of amides is 4. The summed E-state index contributed by atoms with van der Waals surface area (Å²) in [4.78, 5) is 67.8. The van der Waals surface area contributed by atoms with E-state index in [9.17, 15) is 29.1 Å². The Kier molecular flexibility index (Phi) is 35.2. The average Bonchev–Trinajstić information content (AvgIpc) is 3.32. The highest BCUT2D eigenvalue weighted by Crippen LogP contribution is 2.06. The SMILES string of the molecule is CSc1ncc(C#CCCCC(=O)NCCOCCOCCOCCOCCOCCOCCOCCOCCOCC(=O)NCC(=O)NCC(=O)N[C@@H](Cc2ccccc2)C(=O)O)cn1. The smallest absolute Gasteiger partial charge is 0.326 e. The highest BCUT2D eigenvalue weighted by molar-refractivity contribution is 7.98. The summed E-state index contributed by atoms with van der Waals surface area (Å²) in [6, 6.07) is 7.68. The molecule has 0 aliphatic carbocycles. The number of hydrogen-bond donors (Lipinski definition) is 5. The number of hydrogen-bond acceptors (Lipinski definition) is 17. The summed E-state index contributed by atoms with van der Waals surface area (Å²) in [5.41, 5.74) is 1.50. The van der Waals surface area contributed by atoms with Crippen LogP contribution in [0.4, 0.5) is 0 Å². The molecule has 4 amide bonds. The van der Waals surface area contributed by atoms with Crippen molar-refractivity contribution in [1.82, 2.24) is 31.2 Å². The number of unbranched alkanes of at least 4 members (excludes halogenated alkanes) is 1. The van der Waals surface area contributed by atoms with Crippen LogP contribution in [0.15, 0.2) is 47.9 Å². The molecule has 0 saturated carbocycles. The molecule has 22 heteroatoms. The number of benzene rings is 1. The maximum atomic E-state index is 12.1. The lowest BCUT2D eigenvalue weighted by atomic mass is 10.1. The lowest BCUT2D eigenvalue weighted by Gasteiger charge is -2.15. The van der Waals surface area contributed by atoms with Gasteiger partial charge < -0.3 is 69.0 Å². The van der Waals surface area contributed by atoms with Gasteiger partial charge in [0.15, 0.2) is 5.16 Å². The number of nitrogens with zero attached hydrogens (tertiary/aromatic N) is 2. The second kappa shape index (κ2) is 40.5. The van der Waals surface area contributed by atoms with Crippen molar-refractivity contribution in [2.24, 2.45) is 0 Å².